The molecule has 1 N–H and O–H groups in total. The van der Waals surface area contributed by atoms with Gasteiger partial charge in [0.2, 0.25) is 0 Å². The number of carbonyl (C=O) groups excluding carboxylic acids is 1. The Bertz CT molecular complexity index is 657. The molecule has 0 aromatic rings. The predicted octanol–water partition coefficient (Wildman–Crippen LogP) is 8.99. The fraction of sp³-hybridized carbons (Fsp3) is 0.970. The van der Waals surface area contributed by atoms with E-state index in [2.05, 4.69) is 13.8 Å². The summed E-state index contributed by atoms with van der Waals surface area (Å²) in [6.45, 7) is 5.61. The van der Waals surface area contributed by atoms with Crippen LogP contribution in [0.25, 0.3) is 0 Å². The van der Waals surface area contributed by atoms with Crippen LogP contribution >= 0.6 is 7.82 Å². The lowest BCUT2D eigenvalue weighted by atomic mass is 10.1. The minimum atomic E-state index is -4.25. The van der Waals surface area contributed by atoms with E-state index in [0.29, 0.717) is 24.1 Å². The molecule has 0 aromatic carbocycles. The molecule has 0 bridgehead atoms. The van der Waals surface area contributed by atoms with Gasteiger partial charge in [0, 0.05) is 13.0 Å². The minimum absolute atomic E-state index is 0.0930. The average Bonchev–Trinajstić information content (AvgIpc) is 2.92. The first-order valence-electron chi connectivity index (χ1n) is 17.3. The smallest absolute Gasteiger partial charge is 0.457 e. The zero-order valence-corrected chi connectivity index (χ0v) is 29.1. The zero-order chi connectivity index (χ0) is 31.4. The molecule has 0 aliphatic rings. The monoisotopic (exact) mass is 622 g/mol. The van der Waals surface area contributed by atoms with E-state index in [1.54, 1.807) is 0 Å². The van der Waals surface area contributed by atoms with Crippen LogP contribution in [0, 0.1) is 0 Å². The van der Waals surface area contributed by atoms with E-state index in [9.17, 15) is 14.3 Å². The first-order chi connectivity index (χ1) is 20.1. The summed E-state index contributed by atoms with van der Waals surface area (Å²) in [4.78, 5) is 22.6. The van der Waals surface area contributed by atoms with Gasteiger partial charge < -0.3 is 18.9 Å². The highest BCUT2D eigenvalue weighted by molar-refractivity contribution is 7.47. The van der Waals surface area contributed by atoms with E-state index in [1.165, 1.54) is 96.3 Å². The van der Waals surface area contributed by atoms with Gasteiger partial charge in [0.15, 0.2) is 0 Å². The Balaban J connectivity index is 4.34. The van der Waals surface area contributed by atoms with Gasteiger partial charge in [0.05, 0.1) is 34.4 Å². The van der Waals surface area contributed by atoms with Crippen LogP contribution in [-0.4, -0.2) is 75.6 Å². The van der Waals surface area contributed by atoms with Crippen molar-refractivity contribution in [1.82, 2.24) is 0 Å². The number of phosphoric ester groups is 1. The third-order valence-corrected chi connectivity index (χ3v) is 8.40. The van der Waals surface area contributed by atoms with Gasteiger partial charge >= 0.3 is 13.8 Å². The first kappa shape index (κ1) is 41.5. The van der Waals surface area contributed by atoms with Crippen LogP contribution in [-0.2, 0) is 27.9 Å². The highest BCUT2D eigenvalue weighted by Crippen LogP contribution is 2.43. The Morgan fingerprint density at radius 2 is 1.10 bits per heavy atom. The molecule has 2 unspecified atom stereocenters. The molecule has 0 saturated heterocycles. The van der Waals surface area contributed by atoms with Crippen LogP contribution in [0.1, 0.15) is 149 Å². The second-order valence-electron chi connectivity index (χ2n) is 12.9. The molecule has 0 heterocycles. The Hall–Kier alpha value is -0.500. The standard InChI is InChI=1S/C33H68NO7P/c1-6-8-10-12-14-16-18-20-22-24-26-33(35)41-32(31-40-42(36,37)39-29-27-34(3,4)5)30-38-28-25-23-21-19-17-15-13-11-9-7-2/h32H,6-31H2,1-5H3/p+1. The number of carbonyl (C=O) groups is 1. The highest BCUT2D eigenvalue weighted by Gasteiger charge is 2.26. The maximum absolute atomic E-state index is 12.5. The molecule has 0 saturated carbocycles. The van der Waals surface area contributed by atoms with Crippen molar-refractivity contribution in [2.75, 3.05) is 54.1 Å². The topological polar surface area (TPSA) is 91.3 Å². The summed E-state index contributed by atoms with van der Waals surface area (Å²) < 4.78 is 34.7. The molecule has 8 nitrogen and oxygen atoms in total. The molecule has 0 radical (unpaired) electrons. The van der Waals surface area contributed by atoms with Crippen molar-refractivity contribution >= 4 is 13.8 Å². The van der Waals surface area contributed by atoms with E-state index in [1.807, 2.05) is 21.1 Å². The summed E-state index contributed by atoms with van der Waals surface area (Å²) in [5.41, 5.74) is 0. The van der Waals surface area contributed by atoms with E-state index >= 15 is 0 Å². The fourth-order valence-corrected chi connectivity index (χ4v) is 5.41. The van der Waals surface area contributed by atoms with E-state index in [-0.39, 0.29) is 25.8 Å². The molecule has 42 heavy (non-hydrogen) atoms. The fourth-order valence-electron chi connectivity index (χ4n) is 4.67. The van der Waals surface area contributed by atoms with Gasteiger partial charge in [-0.15, -0.1) is 0 Å². The summed E-state index contributed by atoms with van der Waals surface area (Å²) in [5, 5.41) is 0. The molecule has 0 amide bonds. The Labute approximate surface area is 259 Å². The van der Waals surface area contributed by atoms with Gasteiger partial charge in [-0.25, -0.2) is 4.57 Å². The van der Waals surface area contributed by atoms with Crippen LogP contribution in [0.4, 0.5) is 0 Å². The van der Waals surface area contributed by atoms with Gasteiger partial charge in [-0.05, 0) is 12.8 Å². The minimum Gasteiger partial charge on any atom is -0.457 e. The van der Waals surface area contributed by atoms with E-state index in [4.69, 9.17) is 18.5 Å². The Morgan fingerprint density at radius 3 is 1.57 bits per heavy atom. The van der Waals surface area contributed by atoms with Crippen LogP contribution < -0.4 is 0 Å². The van der Waals surface area contributed by atoms with Crippen LogP contribution in [0.15, 0.2) is 0 Å². The third-order valence-electron chi connectivity index (χ3n) is 7.42. The molecule has 9 heteroatoms. The number of nitrogens with zero attached hydrogens (tertiary/aromatic N) is 1. The van der Waals surface area contributed by atoms with E-state index in [0.717, 1.165) is 32.1 Å². The van der Waals surface area contributed by atoms with Gasteiger partial charge in [0.1, 0.15) is 19.3 Å². The summed E-state index contributed by atoms with van der Waals surface area (Å²) in [5.74, 6) is -0.315. The van der Waals surface area contributed by atoms with Crippen molar-refractivity contribution in [3.05, 3.63) is 0 Å². The Kier molecular flexibility index (Phi) is 27.7. The summed E-state index contributed by atoms with van der Waals surface area (Å²) in [7, 11) is 1.68. The largest absolute Gasteiger partial charge is 0.472 e. The molecule has 0 aromatic heterocycles. The predicted molar refractivity (Wildman–Crippen MR) is 174 cm³/mol. The SMILES string of the molecule is CCCCCCCCCCCCOCC(COP(=O)(O)OCC[N+](C)(C)C)OC(=O)CCCCCCCCCCCC. The number of likely N-dealkylation sites (N-methyl/N-ethyl adjacent to an activating group) is 1. The van der Waals surface area contributed by atoms with E-state index < -0.39 is 13.9 Å². The van der Waals surface area contributed by atoms with Gasteiger partial charge in [-0.1, -0.05) is 129 Å². The van der Waals surface area contributed by atoms with Crippen LogP contribution in [0.3, 0.4) is 0 Å². The number of phosphoric acid groups is 1. The van der Waals surface area contributed by atoms with Crippen molar-refractivity contribution in [2.24, 2.45) is 0 Å². The quantitative estimate of drug-likeness (QED) is 0.0346. The molecular weight excluding hydrogens is 553 g/mol. The third kappa shape index (κ3) is 30.9. The first-order valence-corrected chi connectivity index (χ1v) is 18.8. The maximum Gasteiger partial charge on any atom is 0.472 e. The van der Waals surface area contributed by atoms with Crippen LogP contribution in [0.5, 0.6) is 0 Å². The lowest BCUT2D eigenvalue weighted by Crippen LogP contribution is -2.37. The number of rotatable bonds is 32. The van der Waals surface area contributed by atoms with Crippen LogP contribution in [0.2, 0.25) is 0 Å². The number of ether oxygens (including phenoxy) is 2. The average molecular weight is 623 g/mol. The van der Waals surface area contributed by atoms with Crippen molar-refractivity contribution in [1.29, 1.82) is 0 Å². The van der Waals surface area contributed by atoms with Crippen molar-refractivity contribution < 1.29 is 37.3 Å². The lowest BCUT2D eigenvalue weighted by Gasteiger charge is -2.24. The Morgan fingerprint density at radius 1 is 0.643 bits per heavy atom. The highest BCUT2D eigenvalue weighted by atomic mass is 31.2. The molecule has 0 rings (SSSR count). The van der Waals surface area contributed by atoms with Gasteiger partial charge in [-0.2, -0.15) is 0 Å². The lowest BCUT2D eigenvalue weighted by molar-refractivity contribution is -0.870. The number of esters is 1. The maximum atomic E-state index is 12.5. The molecular formula is C33H69NO7P+. The molecule has 2 atom stereocenters. The summed E-state index contributed by atoms with van der Waals surface area (Å²) >= 11 is 0. The molecule has 0 aliphatic carbocycles. The number of quaternary nitrogens is 1. The van der Waals surface area contributed by atoms with Gasteiger partial charge in [0.25, 0.3) is 0 Å². The second kappa shape index (κ2) is 28.0. The van der Waals surface area contributed by atoms with Gasteiger partial charge in [-0.3, -0.25) is 13.8 Å². The molecule has 0 aliphatic heterocycles. The summed E-state index contributed by atoms with van der Waals surface area (Å²) in [6, 6.07) is 0. The summed E-state index contributed by atoms with van der Waals surface area (Å²) in [6.07, 6.45) is 24.1. The molecule has 0 spiro atoms. The molecule has 0 fully saturated rings. The number of unbranched alkanes of at least 4 members (excludes halogenated alkanes) is 18. The van der Waals surface area contributed by atoms with Crippen molar-refractivity contribution in [3.8, 4) is 0 Å². The molecule has 252 valence electrons. The van der Waals surface area contributed by atoms with Crippen molar-refractivity contribution in [3.63, 3.8) is 0 Å². The normalized spacial score (nSPS) is 14.1. The van der Waals surface area contributed by atoms with Crippen molar-refractivity contribution in [2.45, 2.75) is 155 Å². The number of hydrogen-bond acceptors (Lipinski definition) is 6. The zero-order valence-electron chi connectivity index (χ0n) is 28.3. The second-order valence-corrected chi connectivity index (χ2v) is 14.4. The number of hydrogen-bond donors (Lipinski definition) is 1.